The largest absolute Gasteiger partial charge is 0.343 e. The Morgan fingerprint density at radius 3 is 1.95 bits per heavy atom. The predicted octanol–water partition coefficient (Wildman–Crippen LogP) is 3.74. The first-order chi connectivity index (χ1) is 10.8. The van der Waals surface area contributed by atoms with Gasteiger partial charge in [0, 0.05) is 19.6 Å². The van der Waals surface area contributed by atoms with Gasteiger partial charge in [0.15, 0.2) is 5.96 Å². The quantitative estimate of drug-likeness (QED) is 0.931. The van der Waals surface area contributed by atoms with E-state index in [1.807, 2.05) is 12.1 Å². The van der Waals surface area contributed by atoms with Gasteiger partial charge in [0.25, 0.3) is 0 Å². The van der Waals surface area contributed by atoms with Crippen molar-refractivity contribution in [3.8, 4) is 0 Å². The van der Waals surface area contributed by atoms with E-state index in [1.54, 1.807) is 0 Å². The summed E-state index contributed by atoms with van der Waals surface area (Å²) in [6.07, 6.45) is 1.10. The molecule has 0 saturated carbocycles. The molecule has 114 valence electrons. The molecule has 3 heteroatoms. The number of hydrogen-bond acceptors (Lipinski definition) is 1. The zero-order valence-corrected chi connectivity index (χ0v) is 13.1. The van der Waals surface area contributed by atoms with Crippen LogP contribution in [0.5, 0.6) is 0 Å². The van der Waals surface area contributed by atoms with Crippen LogP contribution < -0.4 is 0 Å². The van der Waals surface area contributed by atoms with Crippen LogP contribution in [-0.2, 0) is 0 Å². The van der Waals surface area contributed by atoms with Crippen LogP contribution in [0.3, 0.4) is 0 Å². The third-order valence-electron chi connectivity index (χ3n) is 4.32. The summed E-state index contributed by atoms with van der Waals surface area (Å²) in [7, 11) is 0. The van der Waals surface area contributed by atoms with E-state index in [4.69, 9.17) is 5.41 Å². The van der Waals surface area contributed by atoms with Gasteiger partial charge < -0.3 is 9.80 Å². The van der Waals surface area contributed by atoms with E-state index in [2.05, 4.69) is 65.3 Å². The summed E-state index contributed by atoms with van der Waals surface area (Å²) in [5, 5.41) is 8.58. The van der Waals surface area contributed by atoms with Crippen LogP contribution in [-0.4, -0.2) is 35.4 Å². The van der Waals surface area contributed by atoms with E-state index in [-0.39, 0.29) is 6.04 Å². The molecule has 0 aliphatic carbocycles. The van der Waals surface area contributed by atoms with Crippen LogP contribution in [0.25, 0.3) is 0 Å². The SMILES string of the molecule is CCN1CCCN(C(c2ccccc2)c2ccccc2)C1=N. The lowest BCUT2D eigenvalue weighted by Crippen LogP contribution is -2.51. The fourth-order valence-corrected chi connectivity index (χ4v) is 3.21. The third kappa shape index (κ3) is 2.84. The smallest absolute Gasteiger partial charge is 0.194 e. The summed E-state index contributed by atoms with van der Waals surface area (Å²) < 4.78 is 0. The molecule has 1 heterocycles. The first kappa shape index (κ1) is 14.6. The fourth-order valence-electron chi connectivity index (χ4n) is 3.21. The molecule has 1 N–H and O–H groups in total. The Labute approximate surface area is 132 Å². The lowest BCUT2D eigenvalue weighted by Gasteiger charge is -2.42. The summed E-state index contributed by atoms with van der Waals surface area (Å²) in [6, 6.07) is 21.2. The van der Waals surface area contributed by atoms with Gasteiger partial charge in [-0.15, -0.1) is 0 Å². The summed E-state index contributed by atoms with van der Waals surface area (Å²) >= 11 is 0. The second-order valence-electron chi connectivity index (χ2n) is 5.67. The summed E-state index contributed by atoms with van der Waals surface area (Å²) in [5.74, 6) is 0.645. The first-order valence-electron chi connectivity index (χ1n) is 8.01. The molecule has 0 atom stereocenters. The van der Waals surface area contributed by atoms with E-state index in [9.17, 15) is 0 Å². The van der Waals surface area contributed by atoms with E-state index >= 15 is 0 Å². The second-order valence-corrected chi connectivity index (χ2v) is 5.67. The van der Waals surface area contributed by atoms with E-state index in [0.717, 1.165) is 26.1 Å². The monoisotopic (exact) mass is 293 g/mol. The van der Waals surface area contributed by atoms with Crippen molar-refractivity contribution in [2.75, 3.05) is 19.6 Å². The van der Waals surface area contributed by atoms with Crippen molar-refractivity contribution in [1.29, 1.82) is 5.41 Å². The fraction of sp³-hybridized carbons (Fsp3) is 0.316. The molecule has 3 nitrogen and oxygen atoms in total. The molecule has 22 heavy (non-hydrogen) atoms. The minimum Gasteiger partial charge on any atom is -0.343 e. The molecular weight excluding hydrogens is 270 g/mol. The second kappa shape index (κ2) is 6.65. The average molecular weight is 293 g/mol. The van der Waals surface area contributed by atoms with Crippen LogP contribution in [0, 0.1) is 5.41 Å². The highest BCUT2D eigenvalue weighted by Crippen LogP contribution is 2.30. The van der Waals surface area contributed by atoms with E-state index < -0.39 is 0 Å². The summed E-state index contributed by atoms with van der Waals surface area (Å²) in [4.78, 5) is 4.39. The van der Waals surface area contributed by atoms with Crippen LogP contribution in [0.2, 0.25) is 0 Å². The van der Waals surface area contributed by atoms with Gasteiger partial charge in [0.1, 0.15) is 0 Å². The first-order valence-corrected chi connectivity index (χ1v) is 8.01. The van der Waals surface area contributed by atoms with Crippen LogP contribution >= 0.6 is 0 Å². The molecule has 0 amide bonds. The summed E-state index contributed by atoms with van der Waals surface area (Å²) in [5.41, 5.74) is 2.49. The van der Waals surface area contributed by atoms with Gasteiger partial charge in [-0.2, -0.15) is 0 Å². The average Bonchev–Trinajstić information content (AvgIpc) is 2.59. The minimum atomic E-state index is 0.115. The van der Waals surface area contributed by atoms with Crippen molar-refractivity contribution in [2.45, 2.75) is 19.4 Å². The van der Waals surface area contributed by atoms with Crippen molar-refractivity contribution in [1.82, 2.24) is 9.80 Å². The Hall–Kier alpha value is -2.29. The maximum atomic E-state index is 8.58. The molecule has 1 aliphatic rings. The Morgan fingerprint density at radius 2 is 1.45 bits per heavy atom. The van der Waals surface area contributed by atoms with Crippen LogP contribution in [0.4, 0.5) is 0 Å². The van der Waals surface area contributed by atoms with Gasteiger partial charge in [-0.05, 0) is 24.5 Å². The Balaban J connectivity index is 2.00. The third-order valence-corrected chi connectivity index (χ3v) is 4.32. The van der Waals surface area contributed by atoms with Crippen LogP contribution in [0.1, 0.15) is 30.5 Å². The number of benzene rings is 2. The van der Waals surface area contributed by atoms with Gasteiger partial charge >= 0.3 is 0 Å². The highest BCUT2D eigenvalue weighted by molar-refractivity contribution is 5.78. The highest BCUT2D eigenvalue weighted by atomic mass is 15.4. The van der Waals surface area contributed by atoms with Gasteiger partial charge in [0.05, 0.1) is 6.04 Å². The molecule has 0 unspecified atom stereocenters. The zero-order chi connectivity index (χ0) is 15.4. The predicted molar refractivity (Wildman–Crippen MR) is 91.0 cm³/mol. The molecule has 0 aromatic heterocycles. The highest BCUT2D eigenvalue weighted by Gasteiger charge is 2.29. The minimum absolute atomic E-state index is 0.115. The van der Waals surface area contributed by atoms with Crippen molar-refractivity contribution < 1.29 is 0 Å². The van der Waals surface area contributed by atoms with Crippen molar-refractivity contribution in [2.24, 2.45) is 0 Å². The zero-order valence-electron chi connectivity index (χ0n) is 13.1. The molecule has 0 bridgehead atoms. The Kier molecular flexibility index (Phi) is 4.42. The number of nitrogens with zero attached hydrogens (tertiary/aromatic N) is 2. The molecule has 1 aliphatic heterocycles. The topological polar surface area (TPSA) is 30.3 Å². The Morgan fingerprint density at radius 1 is 0.909 bits per heavy atom. The standard InChI is InChI=1S/C19H23N3/c1-2-21-14-9-15-22(19(21)20)18(16-10-5-3-6-11-16)17-12-7-4-8-13-17/h3-8,10-13,18,20H,2,9,14-15H2,1H3. The number of guanidine groups is 1. The van der Waals surface area contributed by atoms with Crippen molar-refractivity contribution >= 4 is 5.96 Å². The van der Waals surface area contributed by atoms with Gasteiger partial charge in [-0.3, -0.25) is 5.41 Å². The van der Waals surface area contributed by atoms with Crippen molar-refractivity contribution in [3.63, 3.8) is 0 Å². The summed E-state index contributed by atoms with van der Waals surface area (Å²) in [6.45, 7) is 4.94. The van der Waals surface area contributed by atoms with Gasteiger partial charge in [-0.25, -0.2) is 0 Å². The molecular formula is C19H23N3. The molecule has 1 saturated heterocycles. The van der Waals surface area contributed by atoms with E-state index in [0.29, 0.717) is 5.96 Å². The molecule has 0 spiro atoms. The maximum absolute atomic E-state index is 8.58. The number of rotatable bonds is 4. The van der Waals surface area contributed by atoms with Crippen LogP contribution in [0.15, 0.2) is 60.7 Å². The van der Waals surface area contributed by atoms with Crippen molar-refractivity contribution in [3.05, 3.63) is 71.8 Å². The lowest BCUT2D eigenvalue weighted by molar-refractivity contribution is 0.231. The molecule has 2 aromatic rings. The molecule has 2 aromatic carbocycles. The van der Waals surface area contributed by atoms with E-state index in [1.165, 1.54) is 11.1 Å². The Bertz CT molecular complexity index is 570. The number of hydrogen-bond donors (Lipinski definition) is 1. The molecule has 1 fully saturated rings. The lowest BCUT2D eigenvalue weighted by atomic mass is 9.96. The number of nitrogens with one attached hydrogen (secondary N) is 1. The molecule has 3 rings (SSSR count). The van der Waals surface area contributed by atoms with Gasteiger partial charge in [0.2, 0.25) is 0 Å². The van der Waals surface area contributed by atoms with Gasteiger partial charge in [-0.1, -0.05) is 60.7 Å². The maximum Gasteiger partial charge on any atom is 0.194 e. The molecule has 0 radical (unpaired) electrons. The normalized spacial score (nSPS) is 15.5.